The Kier molecular flexibility index (Phi) is 884. The van der Waals surface area contributed by atoms with Crippen molar-refractivity contribution in [2.75, 3.05) is 0 Å². The lowest BCUT2D eigenvalue weighted by atomic mass is 11.0. The van der Waals surface area contributed by atoms with E-state index >= 15 is 0 Å². The zero-order valence-corrected chi connectivity index (χ0v) is 7.63. The van der Waals surface area contributed by atoms with Crippen LogP contribution in [0, 0.1) is 21.6 Å². The lowest BCUT2D eigenvalue weighted by Gasteiger charge is -1.07. The van der Waals surface area contributed by atoms with Gasteiger partial charge in [0.05, 0.1) is 0 Å². The second-order valence-electron chi connectivity index (χ2n) is 0.408. The van der Waals surface area contributed by atoms with Crippen molar-refractivity contribution in [2.24, 2.45) is 0 Å². The zero-order chi connectivity index (χ0) is 12.8. The Morgan fingerprint density at radius 1 is 0.571 bits per heavy atom. The molecule has 0 rings (SSSR count). The molecule has 0 radical (unpaired) electrons. The summed E-state index contributed by atoms with van der Waals surface area (Å²) in [6.45, 7) is 4.00. The summed E-state index contributed by atoms with van der Waals surface area (Å²) < 4.78 is 0. The van der Waals surface area contributed by atoms with Crippen LogP contribution in [0.4, 0.5) is 0 Å². The summed E-state index contributed by atoms with van der Waals surface area (Å²) in [6.07, 6.45) is 3.00. The molecule has 8 nitrogen and oxygen atoms in total. The van der Waals surface area contributed by atoms with Crippen LogP contribution in [0.2, 0.25) is 0 Å². The first kappa shape index (κ1) is 30.0. The van der Waals surface area contributed by atoms with Gasteiger partial charge in [0.2, 0.25) is 24.3 Å². The monoisotopic (exact) mass is 202 g/mol. The Bertz CT molecular complexity index is 154. The number of isocyanates is 4. The molecular formula is C6H10N4O4. The first-order valence-electron chi connectivity index (χ1n) is 2.82. The maximum Gasteiger partial charge on any atom is 0.231 e. The lowest BCUT2D eigenvalue weighted by molar-refractivity contribution is 0.562. The average molecular weight is 202 g/mol. The van der Waals surface area contributed by atoms with Crippen molar-refractivity contribution in [3.05, 3.63) is 0 Å². The fraction of sp³-hybridized carbons (Fsp3) is 0.333. The molecule has 0 heterocycles. The van der Waals surface area contributed by atoms with Gasteiger partial charge in [-0.05, 0) is 0 Å². The van der Waals surface area contributed by atoms with E-state index in [1.807, 2.05) is 13.8 Å². The summed E-state index contributed by atoms with van der Waals surface area (Å²) >= 11 is 0. The number of hydrogen-bond acceptors (Lipinski definition) is 8. The van der Waals surface area contributed by atoms with Crippen LogP contribution < -0.4 is 0 Å². The fourth-order valence-electron chi connectivity index (χ4n) is 0. The molecule has 0 atom stereocenters. The molecule has 0 aromatic heterocycles. The molecule has 4 N–H and O–H groups in total. The Morgan fingerprint density at radius 2 is 0.571 bits per heavy atom. The third-order valence-electron chi connectivity index (χ3n) is 0. The van der Waals surface area contributed by atoms with Crippen molar-refractivity contribution in [2.45, 2.75) is 13.8 Å². The smallest absolute Gasteiger partial charge is 0.222 e. The summed E-state index contributed by atoms with van der Waals surface area (Å²) in [6, 6.07) is 0. The number of rotatable bonds is 0. The van der Waals surface area contributed by atoms with Crippen LogP contribution in [0.3, 0.4) is 0 Å². The van der Waals surface area contributed by atoms with E-state index in [0.717, 1.165) is 24.3 Å². The average Bonchev–Trinajstić information content (AvgIpc) is 2.12. The molecule has 0 fully saturated rings. The van der Waals surface area contributed by atoms with Crippen molar-refractivity contribution < 1.29 is 19.2 Å². The SMILES string of the molecule is CC.N=C=O.N=C=O.N=C=O.N=C=O. The Morgan fingerprint density at radius 3 is 0.571 bits per heavy atom. The molecule has 0 saturated heterocycles. The van der Waals surface area contributed by atoms with Crippen LogP contribution in [0.5, 0.6) is 0 Å². The van der Waals surface area contributed by atoms with Gasteiger partial charge in [-0.2, -0.15) is 0 Å². The lowest BCUT2D eigenvalue weighted by Crippen LogP contribution is -1.16. The van der Waals surface area contributed by atoms with Crippen LogP contribution >= 0.6 is 0 Å². The Hall–Kier alpha value is -2.48. The highest BCUT2D eigenvalue weighted by Gasteiger charge is 1.04. The van der Waals surface area contributed by atoms with Crippen molar-refractivity contribution in [3.8, 4) is 0 Å². The summed E-state index contributed by atoms with van der Waals surface area (Å²) in [5, 5.41) is 21.6. The van der Waals surface area contributed by atoms with Crippen molar-refractivity contribution >= 4 is 24.3 Å². The second-order valence-corrected chi connectivity index (χ2v) is 0.408. The van der Waals surface area contributed by atoms with Gasteiger partial charge < -0.3 is 0 Å². The predicted octanol–water partition coefficient (Wildman–Crippen LogP) is 0.630. The van der Waals surface area contributed by atoms with Crippen LogP contribution in [0.25, 0.3) is 0 Å². The second kappa shape index (κ2) is 413. The molecule has 0 aliphatic heterocycles. The van der Waals surface area contributed by atoms with Crippen LogP contribution in [0.1, 0.15) is 13.8 Å². The molecule has 14 heavy (non-hydrogen) atoms. The highest BCUT2D eigenvalue weighted by atomic mass is 16.1. The molecule has 0 aliphatic carbocycles. The van der Waals surface area contributed by atoms with Crippen LogP contribution in [-0.2, 0) is 19.2 Å². The molecule has 0 aliphatic rings. The Balaban J connectivity index is -0.0000000243. The van der Waals surface area contributed by atoms with E-state index in [-0.39, 0.29) is 0 Å². The zero-order valence-electron chi connectivity index (χ0n) is 7.63. The van der Waals surface area contributed by atoms with E-state index in [4.69, 9.17) is 40.8 Å². The van der Waals surface area contributed by atoms with Crippen LogP contribution in [-0.4, -0.2) is 24.3 Å². The molecule has 78 valence electrons. The van der Waals surface area contributed by atoms with Crippen LogP contribution in [0.15, 0.2) is 0 Å². The molecule has 0 saturated carbocycles. The molecule has 8 heteroatoms. The highest BCUT2D eigenvalue weighted by Crippen LogP contribution is 1.14. The molecule has 0 bridgehead atoms. The normalized spacial score (nSPS) is 2.71. The first-order valence-corrected chi connectivity index (χ1v) is 2.82. The van der Waals surface area contributed by atoms with Gasteiger partial charge in [0.15, 0.2) is 0 Å². The summed E-state index contributed by atoms with van der Waals surface area (Å²) in [4.78, 5) is 33.4. The van der Waals surface area contributed by atoms with Gasteiger partial charge in [0.1, 0.15) is 0 Å². The molecule has 0 spiro atoms. The minimum Gasteiger partial charge on any atom is -0.222 e. The van der Waals surface area contributed by atoms with Crippen molar-refractivity contribution in [1.29, 1.82) is 21.6 Å². The third kappa shape index (κ3) is 112. The van der Waals surface area contributed by atoms with Crippen molar-refractivity contribution in [1.82, 2.24) is 0 Å². The molecule has 0 aromatic carbocycles. The number of nitrogens with one attached hydrogen (secondary N) is 4. The maximum atomic E-state index is 8.35. The summed E-state index contributed by atoms with van der Waals surface area (Å²) in [7, 11) is 0. The van der Waals surface area contributed by atoms with Gasteiger partial charge in [-0.25, -0.2) is 40.8 Å². The van der Waals surface area contributed by atoms with Gasteiger partial charge in [0, 0.05) is 0 Å². The van der Waals surface area contributed by atoms with Gasteiger partial charge >= 0.3 is 0 Å². The quantitative estimate of drug-likeness (QED) is 0.334. The maximum absolute atomic E-state index is 8.35. The Labute approximate surface area is 80.0 Å². The minimum atomic E-state index is 0.750. The van der Waals surface area contributed by atoms with E-state index in [0.29, 0.717) is 0 Å². The van der Waals surface area contributed by atoms with Gasteiger partial charge in [-0.15, -0.1) is 0 Å². The van der Waals surface area contributed by atoms with Gasteiger partial charge in [-0.1, -0.05) is 13.8 Å². The largest absolute Gasteiger partial charge is 0.231 e. The van der Waals surface area contributed by atoms with Gasteiger partial charge in [0.25, 0.3) is 0 Å². The van der Waals surface area contributed by atoms with Crippen molar-refractivity contribution in [3.63, 3.8) is 0 Å². The van der Waals surface area contributed by atoms with Gasteiger partial charge in [-0.3, -0.25) is 0 Å². The third-order valence-corrected chi connectivity index (χ3v) is 0. The fourth-order valence-corrected chi connectivity index (χ4v) is 0. The summed E-state index contributed by atoms with van der Waals surface area (Å²) in [5.41, 5.74) is 0. The van der Waals surface area contributed by atoms with E-state index in [9.17, 15) is 0 Å². The van der Waals surface area contributed by atoms with E-state index in [2.05, 4.69) is 0 Å². The van der Waals surface area contributed by atoms with E-state index in [1.165, 1.54) is 0 Å². The topological polar surface area (TPSA) is 164 Å². The minimum absolute atomic E-state index is 0.750. The highest BCUT2D eigenvalue weighted by molar-refractivity contribution is 5.26. The first-order chi connectivity index (χ1) is 6.66. The predicted molar refractivity (Wildman–Crippen MR) is 45.0 cm³/mol. The number of carbonyl (C=O) groups excluding carboxylic acids is 4. The van der Waals surface area contributed by atoms with E-state index in [1.54, 1.807) is 0 Å². The molecule has 0 aromatic rings. The molecule has 0 unspecified atom stereocenters. The summed E-state index contributed by atoms with van der Waals surface area (Å²) in [5.74, 6) is 0. The standard InChI is InChI=1S/C2H6.4CHNO/c1-2;4*2-1-3/h1-2H3;4*2H. The van der Waals surface area contributed by atoms with E-state index < -0.39 is 0 Å². The molecular weight excluding hydrogens is 192 g/mol. The number of hydrogen-bond donors (Lipinski definition) is 4. The molecule has 0 amide bonds.